The minimum Gasteiger partial charge on any atom is -0.323 e. The Morgan fingerprint density at radius 1 is 1.64 bits per heavy atom. The Hall–Kier alpha value is -0.410. The molecule has 0 fully saturated rings. The summed E-state index contributed by atoms with van der Waals surface area (Å²) in [6.45, 7) is 4.36. The van der Waals surface area contributed by atoms with E-state index in [0.29, 0.717) is 5.92 Å². The molecule has 0 aliphatic rings. The van der Waals surface area contributed by atoms with Gasteiger partial charge in [-0.05, 0) is 29.9 Å². The second-order valence-corrected chi connectivity index (χ2v) is 4.02. The fraction of sp³-hybridized carbons (Fsp3) is 0.625. The van der Waals surface area contributed by atoms with Crippen LogP contribution in [0.15, 0.2) is 12.3 Å². The van der Waals surface area contributed by atoms with Gasteiger partial charge in [-0.1, -0.05) is 13.8 Å². The van der Waals surface area contributed by atoms with Crippen molar-refractivity contribution in [3.63, 3.8) is 0 Å². The summed E-state index contributed by atoms with van der Waals surface area (Å²) in [5.41, 5.74) is 5.91. The summed E-state index contributed by atoms with van der Waals surface area (Å²) >= 11 is 1.50. The van der Waals surface area contributed by atoms with Crippen molar-refractivity contribution < 1.29 is 0 Å². The third-order valence-corrected chi connectivity index (χ3v) is 2.43. The lowest BCUT2D eigenvalue weighted by Gasteiger charge is -2.10. The van der Waals surface area contributed by atoms with Crippen LogP contribution < -0.4 is 5.73 Å². The lowest BCUT2D eigenvalue weighted by atomic mass is 10.0. The minimum atomic E-state index is 0.183. The predicted molar refractivity (Wildman–Crippen MR) is 48.5 cm³/mol. The standard InChI is InChI=1S/C8H14N2S/c1-6(2)5-7(9)8-3-4-10-11-8/h3-4,6-7H,5,9H2,1-2H3. The van der Waals surface area contributed by atoms with Crippen LogP contribution in [0.3, 0.4) is 0 Å². The molecule has 0 radical (unpaired) electrons. The van der Waals surface area contributed by atoms with Gasteiger partial charge in [-0.25, -0.2) is 4.37 Å². The van der Waals surface area contributed by atoms with Crippen molar-refractivity contribution in [2.45, 2.75) is 26.3 Å². The molecule has 1 aromatic heterocycles. The molecule has 1 aromatic rings. The molecule has 1 heterocycles. The molecular weight excluding hydrogens is 156 g/mol. The van der Waals surface area contributed by atoms with E-state index in [1.807, 2.05) is 6.07 Å². The van der Waals surface area contributed by atoms with Crippen molar-refractivity contribution in [1.29, 1.82) is 0 Å². The Labute approximate surface area is 71.6 Å². The van der Waals surface area contributed by atoms with Crippen molar-refractivity contribution in [2.75, 3.05) is 0 Å². The average molecular weight is 170 g/mol. The Kier molecular flexibility index (Phi) is 3.02. The van der Waals surface area contributed by atoms with Gasteiger partial charge in [0, 0.05) is 17.1 Å². The van der Waals surface area contributed by atoms with Gasteiger partial charge >= 0.3 is 0 Å². The van der Waals surface area contributed by atoms with Crippen LogP contribution in [0.2, 0.25) is 0 Å². The van der Waals surface area contributed by atoms with Crippen molar-refractivity contribution >= 4 is 11.5 Å². The second kappa shape index (κ2) is 3.83. The summed E-state index contributed by atoms with van der Waals surface area (Å²) in [4.78, 5) is 1.19. The molecule has 11 heavy (non-hydrogen) atoms. The van der Waals surface area contributed by atoms with Gasteiger partial charge in [-0.2, -0.15) is 0 Å². The molecule has 0 spiro atoms. The van der Waals surface area contributed by atoms with Gasteiger partial charge in [0.05, 0.1) is 0 Å². The highest BCUT2D eigenvalue weighted by Gasteiger charge is 2.08. The molecule has 0 saturated carbocycles. The molecule has 2 N–H and O–H groups in total. The van der Waals surface area contributed by atoms with Crippen LogP contribution in [0.4, 0.5) is 0 Å². The normalized spacial score (nSPS) is 13.8. The molecular formula is C8H14N2S. The summed E-state index contributed by atoms with van der Waals surface area (Å²) in [6, 6.07) is 2.18. The topological polar surface area (TPSA) is 38.9 Å². The van der Waals surface area contributed by atoms with Gasteiger partial charge < -0.3 is 5.73 Å². The summed E-state index contributed by atoms with van der Waals surface area (Å²) < 4.78 is 4.01. The average Bonchev–Trinajstić information content (AvgIpc) is 2.35. The van der Waals surface area contributed by atoms with Crippen molar-refractivity contribution in [3.05, 3.63) is 17.1 Å². The predicted octanol–water partition coefficient (Wildman–Crippen LogP) is 2.19. The minimum absolute atomic E-state index is 0.183. The molecule has 0 bridgehead atoms. The molecule has 0 aliphatic carbocycles. The van der Waals surface area contributed by atoms with Gasteiger partial charge in [-0.15, -0.1) is 0 Å². The lowest BCUT2D eigenvalue weighted by molar-refractivity contribution is 0.515. The number of hydrogen-bond donors (Lipinski definition) is 1. The Morgan fingerprint density at radius 3 is 2.82 bits per heavy atom. The van der Waals surface area contributed by atoms with E-state index >= 15 is 0 Å². The highest BCUT2D eigenvalue weighted by Crippen LogP contribution is 2.20. The SMILES string of the molecule is CC(C)CC(N)c1ccns1. The highest BCUT2D eigenvalue weighted by molar-refractivity contribution is 7.05. The van der Waals surface area contributed by atoms with Crippen LogP contribution >= 0.6 is 11.5 Å². The van der Waals surface area contributed by atoms with Crippen LogP contribution in [0.25, 0.3) is 0 Å². The molecule has 0 saturated heterocycles. The molecule has 1 atom stereocenters. The monoisotopic (exact) mass is 170 g/mol. The molecule has 0 aromatic carbocycles. The van der Waals surface area contributed by atoms with Crippen LogP contribution in [0.5, 0.6) is 0 Å². The third kappa shape index (κ3) is 2.60. The lowest BCUT2D eigenvalue weighted by Crippen LogP contribution is -2.11. The summed E-state index contributed by atoms with van der Waals surface area (Å²) in [5, 5.41) is 0. The van der Waals surface area contributed by atoms with E-state index in [0.717, 1.165) is 6.42 Å². The van der Waals surface area contributed by atoms with Gasteiger partial charge in [0.15, 0.2) is 0 Å². The first-order valence-electron chi connectivity index (χ1n) is 3.86. The van der Waals surface area contributed by atoms with Crippen LogP contribution in [-0.4, -0.2) is 4.37 Å². The zero-order chi connectivity index (χ0) is 8.27. The maximum atomic E-state index is 5.91. The molecule has 1 rings (SSSR count). The molecule has 3 heteroatoms. The summed E-state index contributed by atoms with van der Waals surface area (Å²) in [7, 11) is 0. The Morgan fingerprint density at radius 2 is 2.36 bits per heavy atom. The Bertz CT molecular complexity index is 194. The maximum absolute atomic E-state index is 5.91. The van der Waals surface area contributed by atoms with Gasteiger partial charge in [0.2, 0.25) is 0 Å². The van der Waals surface area contributed by atoms with Crippen molar-refractivity contribution in [3.8, 4) is 0 Å². The van der Waals surface area contributed by atoms with Crippen molar-refractivity contribution in [1.82, 2.24) is 4.37 Å². The molecule has 2 nitrogen and oxygen atoms in total. The zero-order valence-electron chi connectivity index (χ0n) is 6.95. The van der Waals surface area contributed by atoms with E-state index in [4.69, 9.17) is 5.73 Å². The van der Waals surface area contributed by atoms with Gasteiger partial charge in [0.25, 0.3) is 0 Å². The van der Waals surface area contributed by atoms with E-state index in [1.165, 1.54) is 16.4 Å². The molecule has 1 unspecified atom stereocenters. The maximum Gasteiger partial charge on any atom is 0.0420 e. The van der Waals surface area contributed by atoms with E-state index < -0.39 is 0 Å². The summed E-state index contributed by atoms with van der Waals surface area (Å²) in [6.07, 6.45) is 2.85. The first kappa shape index (κ1) is 8.68. The molecule has 0 amide bonds. The number of hydrogen-bond acceptors (Lipinski definition) is 3. The second-order valence-electron chi connectivity index (χ2n) is 3.15. The number of rotatable bonds is 3. The van der Waals surface area contributed by atoms with E-state index in [1.54, 1.807) is 6.20 Å². The zero-order valence-corrected chi connectivity index (χ0v) is 7.77. The number of nitrogens with two attached hydrogens (primary N) is 1. The van der Waals surface area contributed by atoms with E-state index in [9.17, 15) is 0 Å². The van der Waals surface area contributed by atoms with Gasteiger partial charge in [0.1, 0.15) is 0 Å². The first-order chi connectivity index (χ1) is 5.20. The van der Waals surface area contributed by atoms with Crippen LogP contribution in [0.1, 0.15) is 31.2 Å². The Balaban J connectivity index is 2.49. The summed E-state index contributed by atoms with van der Waals surface area (Å²) in [5.74, 6) is 0.659. The molecule has 62 valence electrons. The smallest absolute Gasteiger partial charge is 0.0420 e. The fourth-order valence-corrected chi connectivity index (χ4v) is 1.64. The van der Waals surface area contributed by atoms with Crippen LogP contribution in [0, 0.1) is 5.92 Å². The largest absolute Gasteiger partial charge is 0.323 e. The van der Waals surface area contributed by atoms with E-state index in [-0.39, 0.29) is 6.04 Å². The van der Waals surface area contributed by atoms with Gasteiger partial charge in [-0.3, -0.25) is 0 Å². The highest BCUT2D eigenvalue weighted by atomic mass is 32.1. The molecule has 0 aliphatic heterocycles. The quantitative estimate of drug-likeness (QED) is 0.755. The fourth-order valence-electron chi connectivity index (χ4n) is 1.04. The van der Waals surface area contributed by atoms with E-state index in [2.05, 4.69) is 18.2 Å². The van der Waals surface area contributed by atoms with Crippen LogP contribution in [-0.2, 0) is 0 Å². The van der Waals surface area contributed by atoms with Crippen molar-refractivity contribution in [2.24, 2.45) is 11.7 Å². The number of nitrogens with zero attached hydrogens (tertiary/aromatic N) is 1. The number of aromatic nitrogens is 1. The third-order valence-electron chi connectivity index (χ3n) is 1.55. The first-order valence-corrected chi connectivity index (χ1v) is 4.63.